The van der Waals surface area contributed by atoms with E-state index in [1.807, 2.05) is 6.92 Å². The Bertz CT molecular complexity index is 174. The number of ether oxygens (including phenoxy) is 1. The fourth-order valence-electron chi connectivity index (χ4n) is 1.33. The van der Waals surface area contributed by atoms with Gasteiger partial charge in [0, 0.05) is 19.7 Å². The molecule has 1 heterocycles. The van der Waals surface area contributed by atoms with Gasteiger partial charge in [-0.05, 0) is 6.92 Å². The summed E-state index contributed by atoms with van der Waals surface area (Å²) in [6, 6.07) is 0. The summed E-state index contributed by atoms with van der Waals surface area (Å²) in [6.45, 7) is 3.38. The number of hydrogen-bond donors (Lipinski definition) is 3. The third kappa shape index (κ3) is 1.86. The quantitative estimate of drug-likeness (QED) is 0.368. The molecule has 1 fully saturated rings. The maximum atomic E-state index is 9.42. The molecule has 0 unspecified atom stereocenters. The van der Waals surface area contributed by atoms with Gasteiger partial charge in [-0.2, -0.15) is 0 Å². The Balaban J connectivity index is 2.44. The molecular weight excluding hydrogens is 158 g/mol. The van der Waals surface area contributed by atoms with Crippen LogP contribution in [0.2, 0.25) is 0 Å². The van der Waals surface area contributed by atoms with Gasteiger partial charge in [-0.25, -0.2) is 0 Å². The average Bonchev–Trinajstić information content (AvgIpc) is 2.34. The first-order chi connectivity index (χ1) is 5.65. The summed E-state index contributed by atoms with van der Waals surface area (Å²) in [5, 5.41) is 16.6. The second-order valence-corrected chi connectivity index (χ2v) is 2.85. The lowest BCUT2D eigenvalue weighted by Gasteiger charge is -2.14. The highest BCUT2D eigenvalue weighted by Crippen LogP contribution is 2.12. The van der Waals surface area contributed by atoms with Crippen LogP contribution in [0.15, 0.2) is 0 Å². The summed E-state index contributed by atoms with van der Waals surface area (Å²) in [5.74, 6) is -0.00347. The minimum atomic E-state index is -0.520. The van der Waals surface area contributed by atoms with E-state index in [4.69, 9.17) is 15.9 Å². The zero-order chi connectivity index (χ0) is 9.14. The summed E-state index contributed by atoms with van der Waals surface area (Å²) >= 11 is 0. The lowest BCUT2D eigenvalue weighted by Crippen LogP contribution is -2.35. The number of nitrogens with one attached hydrogen (secondary N) is 1. The average molecular weight is 173 g/mol. The van der Waals surface area contributed by atoms with E-state index in [1.165, 1.54) is 0 Å². The minimum absolute atomic E-state index is 0.00347. The van der Waals surface area contributed by atoms with E-state index < -0.39 is 6.10 Å². The van der Waals surface area contributed by atoms with Crippen molar-refractivity contribution < 1.29 is 9.84 Å². The van der Waals surface area contributed by atoms with Crippen molar-refractivity contribution >= 4 is 5.96 Å². The van der Waals surface area contributed by atoms with E-state index in [9.17, 15) is 5.11 Å². The Morgan fingerprint density at radius 2 is 2.42 bits per heavy atom. The Morgan fingerprint density at radius 3 is 2.83 bits per heavy atom. The number of nitrogens with two attached hydrogens (primary N) is 1. The van der Waals surface area contributed by atoms with Crippen molar-refractivity contribution in [1.29, 1.82) is 5.41 Å². The van der Waals surface area contributed by atoms with Gasteiger partial charge in [-0.15, -0.1) is 0 Å². The standard InChI is InChI=1S/C7H15N3O2/c1-2-12-6-4-10(7(8)9)3-5(6)11/h5-6,11H,2-4H2,1H3,(H3,8,9)/t5-,6+/m0/s1. The zero-order valence-corrected chi connectivity index (χ0v) is 7.16. The number of nitrogens with zero attached hydrogens (tertiary/aromatic N) is 1. The molecular formula is C7H15N3O2. The van der Waals surface area contributed by atoms with Crippen LogP contribution in [0, 0.1) is 5.41 Å². The van der Waals surface area contributed by atoms with Gasteiger partial charge in [0.1, 0.15) is 6.10 Å². The van der Waals surface area contributed by atoms with E-state index in [-0.39, 0.29) is 12.1 Å². The molecule has 0 aromatic heterocycles. The van der Waals surface area contributed by atoms with E-state index in [1.54, 1.807) is 4.90 Å². The van der Waals surface area contributed by atoms with Crippen LogP contribution < -0.4 is 5.73 Å². The number of likely N-dealkylation sites (tertiary alicyclic amines) is 1. The monoisotopic (exact) mass is 173 g/mol. The van der Waals surface area contributed by atoms with Gasteiger partial charge in [-0.3, -0.25) is 5.41 Å². The maximum absolute atomic E-state index is 9.42. The second-order valence-electron chi connectivity index (χ2n) is 2.85. The van der Waals surface area contributed by atoms with Gasteiger partial charge in [0.2, 0.25) is 0 Å². The van der Waals surface area contributed by atoms with Gasteiger partial charge >= 0.3 is 0 Å². The molecule has 12 heavy (non-hydrogen) atoms. The fraction of sp³-hybridized carbons (Fsp3) is 0.857. The first-order valence-corrected chi connectivity index (χ1v) is 4.03. The summed E-state index contributed by atoms with van der Waals surface area (Å²) in [6.07, 6.45) is -0.715. The number of hydrogen-bond acceptors (Lipinski definition) is 3. The van der Waals surface area contributed by atoms with Crippen molar-refractivity contribution in [3.05, 3.63) is 0 Å². The maximum Gasteiger partial charge on any atom is 0.188 e. The summed E-state index contributed by atoms with van der Waals surface area (Å²) in [4.78, 5) is 1.60. The molecule has 0 aromatic carbocycles. The summed E-state index contributed by atoms with van der Waals surface area (Å²) in [7, 11) is 0. The molecule has 0 amide bonds. The van der Waals surface area contributed by atoms with Gasteiger partial charge in [0.25, 0.3) is 0 Å². The van der Waals surface area contributed by atoms with Crippen molar-refractivity contribution in [3.8, 4) is 0 Å². The topological polar surface area (TPSA) is 82.6 Å². The van der Waals surface area contributed by atoms with Gasteiger partial charge in [0.15, 0.2) is 5.96 Å². The molecule has 0 saturated carbocycles. The second kappa shape index (κ2) is 3.73. The molecule has 1 saturated heterocycles. The first kappa shape index (κ1) is 9.28. The molecule has 5 heteroatoms. The first-order valence-electron chi connectivity index (χ1n) is 4.03. The highest BCUT2D eigenvalue weighted by atomic mass is 16.5. The third-order valence-electron chi connectivity index (χ3n) is 1.96. The molecule has 5 nitrogen and oxygen atoms in total. The third-order valence-corrected chi connectivity index (χ3v) is 1.96. The highest BCUT2D eigenvalue weighted by Gasteiger charge is 2.32. The highest BCUT2D eigenvalue weighted by molar-refractivity contribution is 5.75. The van der Waals surface area contributed by atoms with Crippen molar-refractivity contribution in [2.24, 2.45) is 5.73 Å². The van der Waals surface area contributed by atoms with E-state index >= 15 is 0 Å². The van der Waals surface area contributed by atoms with Crippen LogP contribution in [-0.4, -0.2) is 47.9 Å². The van der Waals surface area contributed by atoms with E-state index in [0.29, 0.717) is 19.7 Å². The molecule has 0 aromatic rings. The SMILES string of the molecule is CCO[C@@H]1CN(C(=N)N)C[C@@H]1O. The van der Waals surface area contributed by atoms with Crippen LogP contribution in [0.1, 0.15) is 6.92 Å². The molecule has 4 N–H and O–H groups in total. The minimum Gasteiger partial charge on any atom is -0.388 e. The largest absolute Gasteiger partial charge is 0.388 e. The van der Waals surface area contributed by atoms with Crippen molar-refractivity contribution in [1.82, 2.24) is 4.90 Å². The van der Waals surface area contributed by atoms with Crippen LogP contribution >= 0.6 is 0 Å². The van der Waals surface area contributed by atoms with Gasteiger partial charge in [0.05, 0.1) is 6.10 Å². The van der Waals surface area contributed by atoms with Crippen LogP contribution in [0.4, 0.5) is 0 Å². The van der Waals surface area contributed by atoms with Crippen LogP contribution in [0.25, 0.3) is 0 Å². The predicted octanol–water partition coefficient (Wildman–Crippen LogP) is -1.04. The lowest BCUT2D eigenvalue weighted by molar-refractivity contribution is -0.00220. The predicted molar refractivity (Wildman–Crippen MR) is 44.9 cm³/mol. The van der Waals surface area contributed by atoms with Crippen molar-refractivity contribution in [2.45, 2.75) is 19.1 Å². The number of aliphatic hydroxyl groups is 1. The zero-order valence-electron chi connectivity index (χ0n) is 7.16. The number of aliphatic hydroxyl groups excluding tert-OH is 1. The normalized spacial score (nSPS) is 29.3. The summed E-state index contributed by atoms with van der Waals surface area (Å²) in [5.41, 5.74) is 5.26. The smallest absolute Gasteiger partial charge is 0.188 e. The Morgan fingerprint density at radius 1 is 1.75 bits per heavy atom. The Labute approximate surface area is 71.6 Å². The lowest BCUT2D eigenvalue weighted by atomic mass is 10.3. The summed E-state index contributed by atoms with van der Waals surface area (Å²) < 4.78 is 5.25. The number of β-amino-alcohol motifs (C(OH)–C–C–N with tert-alkyl or cyclic N) is 1. The molecule has 1 rings (SSSR count). The molecule has 0 radical (unpaired) electrons. The molecule has 1 aliphatic heterocycles. The van der Waals surface area contributed by atoms with Crippen molar-refractivity contribution in [2.75, 3.05) is 19.7 Å². The molecule has 0 aliphatic carbocycles. The van der Waals surface area contributed by atoms with Gasteiger partial charge < -0.3 is 20.5 Å². The van der Waals surface area contributed by atoms with Crippen molar-refractivity contribution in [3.63, 3.8) is 0 Å². The molecule has 2 atom stereocenters. The Kier molecular flexibility index (Phi) is 2.88. The van der Waals surface area contributed by atoms with Gasteiger partial charge in [-0.1, -0.05) is 0 Å². The van der Waals surface area contributed by atoms with Crippen LogP contribution in [-0.2, 0) is 4.74 Å². The van der Waals surface area contributed by atoms with E-state index in [0.717, 1.165) is 0 Å². The molecule has 70 valence electrons. The van der Waals surface area contributed by atoms with Crippen LogP contribution in [0.3, 0.4) is 0 Å². The molecule has 1 aliphatic rings. The van der Waals surface area contributed by atoms with E-state index in [2.05, 4.69) is 0 Å². The number of rotatable bonds is 2. The number of guanidine groups is 1. The van der Waals surface area contributed by atoms with Crippen LogP contribution in [0.5, 0.6) is 0 Å². The Hall–Kier alpha value is -0.810. The molecule has 0 spiro atoms. The fourth-order valence-corrected chi connectivity index (χ4v) is 1.33. The molecule has 0 bridgehead atoms.